The number of fused-ring (bicyclic) bond motifs is 2. The van der Waals surface area contributed by atoms with Crippen LogP contribution in [0.25, 0.3) is 0 Å². The van der Waals surface area contributed by atoms with Crippen LogP contribution in [0.2, 0.25) is 0 Å². The Bertz CT molecular complexity index is 191. The van der Waals surface area contributed by atoms with Crippen LogP contribution in [0.5, 0.6) is 0 Å². The molecule has 0 aromatic rings. The van der Waals surface area contributed by atoms with E-state index in [1.165, 1.54) is 19.3 Å². The molecule has 2 nitrogen and oxygen atoms in total. The fourth-order valence-corrected chi connectivity index (χ4v) is 4.04. The zero-order valence-corrected chi connectivity index (χ0v) is 7.51. The maximum absolute atomic E-state index is 10.9. The van der Waals surface area contributed by atoms with Crippen molar-refractivity contribution in [2.75, 3.05) is 0 Å². The van der Waals surface area contributed by atoms with Gasteiger partial charge in [-0.2, -0.15) is 0 Å². The number of hydrogen-bond acceptors (Lipinski definition) is 1. The zero-order chi connectivity index (χ0) is 8.01. The van der Waals surface area contributed by atoms with Gasteiger partial charge in [0.15, 0.2) is 11.1 Å². The van der Waals surface area contributed by atoms with Gasteiger partial charge in [-0.15, -0.1) is 0 Å². The third-order valence-electron chi connectivity index (χ3n) is 3.47. The molecule has 11 heavy (non-hydrogen) atoms. The maximum atomic E-state index is 10.9. The highest BCUT2D eigenvalue weighted by atomic mass is 32.2. The first-order valence-electron chi connectivity index (χ1n) is 4.30. The smallest absolute Gasteiger partial charge is 0.156 e. The van der Waals surface area contributed by atoms with Crippen LogP contribution in [0.3, 0.4) is 0 Å². The first-order valence-corrected chi connectivity index (χ1v) is 5.47. The van der Waals surface area contributed by atoms with Crippen molar-refractivity contribution in [2.45, 2.75) is 31.4 Å². The van der Waals surface area contributed by atoms with Gasteiger partial charge in [0.05, 0.1) is 5.25 Å². The van der Waals surface area contributed by atoms with Crippen LogP contribution in [0.4, 0.5) is 0 Å². The van der Waals surface area contributed by atoms with E-state index in [4.69, 9.17) is 4.55 Å². The largest absolute Gasteiger partial charge is 0.306 e. The van der Waals surface area contributed by atoms with Crippen LogP contribution in [-0.4, -0.2) is 14.0 Å². The van der Waals surface area contributed by atoms with Crippen LogP contribution in [0.1, 0.15) is 26.2 Å². The van der Waals surface area contributed by atoms with E-state index < -0.39 is 11.1 Å². The molecule has 1 N–H and O–H groups in total. The molecule has 0 aromatic carbocycles. The Hall–Kier alpha value is 0.110. The molecule has 2 rings (SSSR count). The molecule has 0 aromatic heterocycles. The lowest BCUT2D eigenvalue weighted by molar-refractivity contribution is 0.354. The Morgan fingerprint density at radius 3 is 2.36 bits per heavy atom. The van der Waals surface area contributed by atoms with Gasteiger partial charge in [-0.05, 0) is 37.0 Å². The molecule has 64 valence electrons. The van der Waals surface area contributed by atoms with Gasteiger partial charge in [0, 0.05) is 0 Å². The van der Waals surface area contributed by atoms with Crippen molar-refractivity contribution < 1.29 is 8.76 Å². The molecule has 2 fully saturated rings. The molecule has 5 unspecified atom stereocenters. The van der Waals surface area contributed by atoms with Gasteiger partial charge < -0.3 is 4.55 Å². The molecule has 2 aliphatic carbocycles. The van der Waals surface area contributed by atoms with Crippen molar-refractivity contribution in [1.82, 2.24) is 0 Å². The van der Waals surface area contributed by atoms with Crippen molar-refractivity contribution in [3.05, 3.63) is 0 Å². The summed E-state index contributed by atoms with van der Waals surface area (Å²) in [4.78, 5) is 0. The van der Waals surface area contributed by atoms with E-state index in [9.17, 15) is 4.21 Å². The van der Waals surface area contributed by atoms with E-state index in [0.29, 0.717) is 11.8 Å². The Morgan fingerprint density at radius 2 is 2.00 bits per heavy atom. The summed E-state index contributed by atoms with van der Waals surface area (Å²) in [5.41, 5.74) is 0. The van der Waals surface area contributed by atoms with Crippen LogP contribution in [-0.2, 0) is 11.1 Å². The van der Waals surface area contributed by atoms with Crippen molar-refractivity contribution in [2.24, 2.45) is 17.8 Å². The predicted octanol–water partition coefficient (Wildman–Crippen LogP) is 1.64. The summed E-state index contributed by atoms with van der Waals surface area (Å²) >= 11 is -1.57. The first-order chi connectivity index (χ1) is 5.20. The van der Waals surface area contributed by atoms with Gasteiger partial charge in [-0.25, -0.2) is 4.21 Å². The summed E-state index contributed by atoms with van der Waals surface area (Å²) in [6.07, 6.45) is 3.68. The fourth-order valence-electron chi connectivity index (χ4n) is 2.87. The van der Waals surface area contributed by atoms with Crippen molar-refractivity contribution in [1.29, 1.82) is 0 Å². The highest BCUT2D eigenvalue weighted by Crippen LogP contribution is 2.49. The normalized spacial score (nSPS) is 51.5. The van der Waals surface area contributed by atoms with Gasteiger partial charge in [-0.1, -0.05) is 6.92 Å². The molecule has 0 spiro atoms. The van der Waals surface area contributed by atoms with Crippen LogP contribution < -0.4 is 0 Å². The lowest BCUT2D eigenvalue weighted by atomic mass is 9.90. The number of rotatable bonds is 1. The highest BCUT2D eigenvalue weighted by molar-refractivity contribution is 7.79. The summed E-state index contributed by atoms with van der Waals surface area (Å²) in [7, 11) is 0. The molecule has 2 bridgehead atoms. The molecule has 2 saturated carbocycles. The molecular formula is C8H14O2S. The van der Waals surface area contributed by atoms with Crippen molar-refractivity contribution in [3.8, 4) is 0 Å². The average molecular weight is 174 g/mol. The van der Waals surface area contributed by atoms with Crippen LogP contribution in [0.15, 0.2) is 0 Å². The second-order valence-electron chi connectivity index (χ2n) is 3.93. The third-order valence-corrected chi connectivity index (χ3v) is 4.75. The fraction of sp³-hybridized carbons (Fsp3) is 1.00. The van der Waals surface area contributed by atoms with Crippen LogP contribution >= 0.6 is 0 Å². The first kappa shape index (κ1) is 7.74. The summed E-state index contributed by atoms with van der Waals surface area (Å²) in [6, 6.07) is 0. The highest BCUT2D eigenvalue weighted by Gasteiger charge is 2.47. The Kier molecular flexibility index (Phi) is 1.80. The van der Waals surface area contributed by atoms with Crippen molar-refractivity contribution in [3.63, 3.8) is 0 Å². The SMILES string of the molecule is CC1C2CCC(C2)C1S(=O)O. The lowest BCUT2D eigenvalue weighted by Crippen LogP contribution is -2.29. The quantitative estimate of drug-likeness (QED) is 0.614. The predicted molar refractivity (Wildman–Crippen MR) is 44.6 cm³/mol. The number of hydrogen-bond donors (Lipinski definition) is 1. The van der Waals surface area contributed by atoms with Gasteiger partial charge in [-0.3, -0.25) is 0 Å². The lowest BCUT2D eigenvalue weighted by Gasteiger charge is -2.24. The maximum Gasteiger partial charge on any atom is 0.156 e. The second-order valence-corrected chi connectivity index (χ2v) is 5.03. The van der Waals surface area contributed by atoms with Gasteiger partial charge in [0.25, 0.3) is 0 Å². The minimum atomic E-state index is -1.57. The van der Waals surface area contributed by atoms with E-state index >= 15 is 0 Å². The molecule has 0 saturated heterocycles. The van der Waals surface area contributed by atoms with E-state index in [0.717, 1.165) is 5.92 Å². The van der Waals surface area contributed by atoms with E-state index in [2.05, 4.69) is 6.92 Å². The minimum absolute atomic E-state index is 0.0914. The summed E-state index contributed by atoms with van der Waals surface area (Å²) < 4.78 is 19.9. The van der Waals surface area contributed by atoms with Crippen molar-refractivity contribution >= 4 is 11.1 Å². The summed E-state index contributed by atoms with van der Waals surface area (Å²) in [6.45, 7) is 2.13. The molecule has 3 heteroatoms. The van der Waals surface area contributed by atoms with Crippen LogP contribution in [0, 0.1) is 17.8 Å². The Balaban J connectivity index is 2.17. The molecule has 0 radical (unpaired) electrons. The monoisotopic (exact) mass is 174 g/mol. The molecule has 2 aliphatic rings. The van der Waals surface area contributed by atoms with Gasteiger partial charge >= 0.3 is 0 Å². The molecular weight excluding hydrogens is 160 g/mol. The average Bonchev–Trinajstić information content (AvgIpc) is 2.44. The molecule has 0 aliphatic heterocycles. The Labute approximate surface area is 69.7 Å². The molecule has 0 amide bonds. The topological polar surface area (TPSA) is 37.3 Å². The third kappa shape index (κ3) is 1.05. The summed E-state index contributed by atoms with van der Waals surface area (Å²) in [5.74, 6) is 1.79. The summed E-state index contributed by atoms with van der Waals surface area (Å²) in [5, 5.41) is 0.0914. The Morgan fingerprint density at radius 1 is 1.36 bits per heavy atom. The van der Waals surface area contributed by atoms with Gasteiger partial charge in [0.1, 0.15) is 0 Å². The van der Waals surface area contributed by atoms with E-state index in [1.54, 1.807) is 0 Å². The van der Waals surface area contributed by atoms with Gasteiger partial charge in [0.2, 0.25) is 0 Å². The van der Waals surface area contributed by atoms with E-state index in [-0.39, 0.29) is 5.25 Å². The minimum Gasteiger partial charge on any atom is -0.306 e. The van der Waals surface area contributed by atoms with E-state index in [1.807, 2.05) is 0 Å². The molecule has 0 heterocycles. The zero-order valence-electron chi connectivity index (χ0n) is 6.69. The second kappa shape index (κ2) is 2.56. The molecule has 5 atom stereocenters. The standard InChI is InChI=1S/C8H14O2S/c1-5-6-2-3-7(4-6)8(5)11(9)10/h5-8H,2-4H2,1H3,(H,9,10).